The van der Waals surface area contributed by atoms with Crippen molar-refractivity contribution >= 4 is 11.3 Å². The van der Waals surface area contributed by atoms with Crippen molar-refractivity contribution in [3.05, 3.63) is 81.2 Å². The molecular weight excluding hydrogens is 418 g/mol. The number of hydrogen-bond donors (Lipinski definition) is 0. The third kappa shape index (κ3) is 5.06. The van der Waals surface area contributed by atoms with Crippen molar-refractivity contribution in [2.45, 2.75) is 40.5 Å². The van der Waals surface area contributed by atoms with E-state index >= 15 is 0 Å². The predicted molar refractivity (Wildman–Crippen MR) is 129 cm³/mol. The summed E-state index contributed by atoms with van der Waals surface area (Å²) in [5.41, 5.74) is 7.68. The number of ether oxygens (including phenoxy) is 1. The van der Waals surface area contributed by atoms with Crippen LogP contribution in [0.2, 0.25) is 0 Å². The Bertz CT molecular complexity index is 1200. The third-order valence-corrected chi connectivity index (χ3v) is 6.41. The molecule has 0 unspecified atom stereocenters. The second-order valence-electron chi connectivity index (χ2n) is 8.13. The Hall–Kier alpha value is -3.03. The summed E-state index contributed by atoms with van der Waals surface area (Å²) in [5.74, 6) is 0.877. The van der Waals surface area contributed by atoms with Crippen LogP contribution in [0, 0.1) is 20.8 Å². The van der Waals surface area contributed by atoms with Gasteiger partial charge in [0, 0.05) is 54.1 Å². The summed E-state index contributed by atoms with van der Waals surface area (Å²) >= 11 is 1.64. The Morgan fingerprint density at radius 1 is 1.09 bits per heavy atom. The maximum absolute atomic E-state index is 6.21. The van der Waals surface area contributed by atoms with Gasteiger partial charge in [-0.3, -0.25) is 14.6 Å². The number of pyridine rings is 1. The lowest BCUT2D eigenvalue weighted by atomic mass is 10.1. The molecule has 0 aliphatic carbocycles. The molecule has 0 aliphatic rings. The van der Waals surface area contributed by atoms with Crippen molar-refractivity contribution in [3.8, 4) is 17.0 Å². The molecule has 7 heteroatoms. The van der Waals surface area contributed by atoms with Gasteiger partial charge in [0.15, 0.2) is 0 Å². The first kappa shape index (κ1) is 22.2. The van der Waals surface area contributed by atoms with E-state index in [1.165, 1.54) is 11.3 Å². The van der Waals surface area contributed by atoms with Crippen LogP contribution in [0.1, 0.15) is 33.2 Å². The van der Waals surface area contributed by atoms with Crippen LogP contribution < -0.4 is 4.74 Å². The van der Waals surface area contributed by atoms with Crippen molar-refractivity contribution < 1.29 is 4.74 Å². The second kappa shape index (κ2) is 9.63. The zero-order valence-corrected chi connectivity index (χ0v) is 20.1. The van der Waals surface area contributed by atoms with Crippen molar-refractivity contribution in [1.29, 1.82) is 0 Å². The highest BCUT2D eigenvalue weighted by atomic mass is 32.1. The summed E-state index contributed by atoms with van der Waals surface area (Å²) < 4.78 is 8.16. The van der Waals surface area contributed by atoms with E-state index in [0.717, 1.165) is 52.1 Å². The Morgan fingerprint density at radius 2 is 1.94 bits per heavy atom. The molecule has 32 heavy (non-hydrogen) atoms. The zero-order chi connectivity index (χ0) is 22.7. The summed E-state index contributed by atoms with van der Waals surface area (Å²) in [5, 5.41) is 7.66. The largest absolute Gasteiger partial charge is 0.487 e. The monoisotopic (exact) mass is 447 g/mol. The SMILES string of the molecule is Cc1nc(COc2ccc(-c3ccccn3)cc2CN(C)Cc2c(C)nn(C)c2C)cs1. The average molecular weight is 448 g/mol. The molecule has 0 N–H and O–H groups in total. The summed E-state index contributed by atoms with van der Waals surface area (Å²) in [4.78, 5) is 11.3. The van der Waals surface area contributed by atoms with E-state index in [1.807, 2.05) is 49.1 Å². The molecule has 0 aliphatic heterocycles. The lowest BCUT2D eigenvalue weighted by Gasteiger charge is -2.20. The van der Waals surface area contributed by atoms with Gasteiger partial charge in [-0.1, -0.05) is 6.07 Å². The summed E-state index contributed by atoms with van der Waals surface area (Å²) in [6, 6.07) is 12.3. The van der Waals surface area contributed by atoms with Gasteiger partial charge in [-0.25, -0.2) is 4.98 Å². The lowest BCUT2D eigenvalue weighted by Crippen LogP contribution is -2.19. The van der Waals surface area contributed by atoms with E-state index in [2.05, 4.69) is 58.4 Å². The number of aryl methyl sites for hydroxylation is 3. The predicted octanol–water partition coefficient (Wildman–Crippen LogP) is 5.07. The fourth-order valence-corrected chi connectivity index (χ4v) is 4.42. The first-order valence-electron chi connectivity index (χ1n) is 10.7. The molecule has 0 atom stereocenters. The lowest BCUT2D eigenvalue weighted by molar-refractivity contribution is 0.279. The van der Waals surface area contributed by atoms with E-state index in [0.29, 0.717) is 6.61 Å². The number of aromatic nitrogens is 4. The van der Waals surface area contributed by atoms with Crippen LogP contribution >= 0.6 is 11.3 Å². The molecule has 0 saturated heterocycles. The first-order chi connectivity index (χ1) is 15.4. The minimum Gasteiger partial charge on any atom is -0.487 e. The maximum atomic E-state index is 6.21. The molecule has 0 spiro atoms. The van der Waals surface area contributed by atoms with Gasteiger partial charge in [0.05, 0.1) is 22.1 Å². The first-order valence-corrected chi connectivity index (χ1v) is 11.5. The average Bonchev–Trinajstić information content (AvgIpc) is 3.31. The van der Waals surface area contributed by atoms with E-state index in [1.54, 1.807) is 11.3 Å². The van der Waals surface area contributed by atoms with Gasteiger partial charge in [-0.05, 0) is 58.2 Å². The minimum atomic E-state index is 0.463. The van der Waals surface area contributed by atoms with Crippen molar-refractivity contribution in [2.75, 3.05) is 7.05 Å². The number of thiazole rings is 1. The normalized spacial score (nSPS) is 11.3. The fourth-order valence-electron chi connectivity index (χ4n) is 3.83. The second-order valence-corrected chi connectivity index (χ2v) is 9.19. The molecule has 3 heterocycles. The number of rotatable bonds is 8. The quantitative estimate of drug-likeness (QED) is 0.377. The van der Waals surface area contributed by atoms with Gasteiger partial charge in [0.1, 0.15) is 12.4 Å². The van der Waals surface area contributed by atoms with E-state index in [-0.39, 0.29) is 0 Å². The van der Waals surface area contributed by atoms with Crippen LogP contribution in [0.4, 0.5) is 0 Å². The van der Waals surface area contributed by atoms with Crippen LogP contribution in [-0.2, 0) is 26.7 Å². The van der Waals surface area contributed by atoms with Crippen LogP contribution in [0.15, 0.2) is 48.0 Å². The number of hydrogen-bond acceptors (Lipinski definition) is 6. The van der Waals surface area contributed by atoms with Gasteiger partial charge in [-0.2, -0.15) is 5.10 Å². The highest BCUT2D eigenvalue weighted by molar-refractivity contribution is 7.09. The molecule has 0 bridgehead atoms. The molecule has 6 nitrogen and oxygen atoms in total. The van der Waals surface area contributed by atoms with Crippen molar-refractivity contribution in [3.63, 3.8) is 0 Å². The molecule has 0 amide bonds. The molecule has 3 aromatic heterocycles. The van der Waals surface area contributed by atoms with Crippen LogP contribution in [0.3, 0.4) is 0 Å². The van der Waals surface area contributed by atoms with Crippen molar-refractivity contribution in [2.24, 2.45) is 7.05 Å². The molecule has 0 radical (unpaired) electrons. The summed E-state index contributed by atoms with van der Waals surface area (Å²) in [7, 11) is 4.13. The van der Waals surface area contributed by atoms with Crippen LogP contribution in [-0.4, -0.2) is 31.7 Å². The summed E-state index contributed by atoms with van der Waals surface area (Å²) in [6.07, 6.45) is 1.82. The van der Waals surface area contributed by atoms with Gasteiger partial charge in [-0.15, -0.1) is 11.3 Å². The third-order valence-electron chi connectivity index (χ3n) is 5.59. The molecule has 1 aromatic carbocycles. The van der Waals surface area contributed by atoms with E-state index in [4.69, 9.17) is 4.74 Å². The molecular formula is C25H29N5OS. The molecule has 4 aromatic rings. The fraction of sp³-hybridized carbons (Fsp3) is 0.320. The maximum Gasteiger partial charge on any atom is 0.131 e. The van der Waals surface area contributed by atoms with E-state index in [9.17, 15) is 0 Å². The molecule has 0 saturated carbocycles. The molecule has 4 rings (SSSR count). The topological polar surface area (TPSA) is 56.1 Å². The van der Waals surface area contributed by atoms with Crippen LogP contribution in [0.25, 0.3) is 11.3 Å². The number of benzene rings is 1. The van der Waals surface area contributed by atoms with Crippen LogP contribution in [0.5, 0.6) is 5.75 Å². The Kier molecular flexibility index (Phi) is 6.67. The minimum absolute atomic E-state index is 0.463. The zero-order valence-electron chi connectivity index (χ0n) is 19.3. The smallest absolute Gasteiger partial charge is 0.131 e. The highest BCUT2D eigenvalue weighted by Crippen LogP contribution is 2.28. The van der Waals surface area contributed by atoms with Gasteiger partial charge in [0.2, 0.25) is 0 Å². The van der Waals surface area contributed by atoms with Gasteiger partial charge >= 0.3 is 0 Å². The van der Waals surface area contributed by atoms with E-state index < -0.39 is 0 Å². The Morgan fingerprint density at radius 3 is 2.59 bits per heavy atom. The molecule has 0 fully saturated rings. The van der Waals surface area contributed by atoms with Gasteiger partial charge in [0.25, 0.3) is 0 Å². The summed E-state index contributed by atoms with van der Waals surface area (Å²) in [6.45, 7) is 8.24. The molecule has 166 valence electrons. The number of nitrogens with zero attached hydrogens (tertiary/aromatic N) is 5. The standard InChI is InChI=1S/C25H29N5OS/c1-17-23(18(2)30(5)28-17)14-29(4)13-21-12-20(24-8-6-7-11-26-24)9-10-25(21)31-15-22-16-32-19(3)27-22/h6-12,16H,13-15H2,1-5H3. The van der Waals surface area contributed by atoms with Gasteiger partial charge < -0.3 is 4.74 Å². The highest BCUT2D eigenvalue weighted by Gasteiger charge is 2.15. The van der Waals surface area contributed by atoms with Crippen molar-refractivity contribution in [1.82, 2.24) is 24.6 Å². The Labute approximate surface area is 193 Å². The Balaban J connectivity index is 1.58.